The van der Waals surface area contributed by atoms with Crippen LogP contribution in [0.1, 0.15) is 22.5 Å². The summed E-state index contributed by atoms with van der Waals surface area (Å²) in [6, 6.07) is 1.46. The van der Waals surface area contributed by atoms with Crippen LogP contribution in [0.4, 0.5) is 0 Å². The van der Waals surface area contributed by atoms with Crippen LogP contribution in [0.3, 0.4) is 0 Å². The first-order chi connectivity index (χ1) is 7.06. The molecule has 0 aromatic carbocycles. The number of Topliss-reactive ketones (excluding diaryl/α,β-unsaturated/α-hetero) is 2. The Hall–Kier alpha value is -1.91. The number of furan rings is 1. The van der Waals surface area contributed by atoms with Gasteiger partial charge in [-0.25, -0.2) is 4.79 Å². The molecule has 0 saturated carbocycles. The van der Waals surface area contributed by atoms with E-state index in [0.29, 0.717) is 11.3 Å². The first-order valence-corrected chi connectivity index (χ1v) is 4.24. The van der Waals surface area contributed by atoms with Gasteiger partial charge < -0.3 is 9.15 Å². The summed E-state index contributed by atoms with van der Waals surface area (Å²) >= 11 is 0. The standard InChI is InChI=1S/C10H10O5/c1-6-7(3-4-15-6)8(11)5-9(12)10(13)14-2/h3-4H,5H2,1-2H3. The van der Waals surface area contributed by atoms with Crippen molar-refractivity contribution >= 4 is 17.5 Å². The van der Waals surface area contributed by atoms with Gasteiger partial charge >= 0.3 is 5.97 Å². The number of rotatable bonds is 4. The van der Waals surface area contributed by atoms with Crippen LogP contribution in [0.5, 0.6) is 0 Å². The molecule has 0 bridgehead atoms. The number of carbonyl (C=O) groups excluding carboxylic acids is 3. The largest absolute Gasteiger partial charge is 0.469 e. The van der Waals surface area contributed by atoms with Gasteiger partial charge in [-0.15, -0.1) is 0 Å². The highest BCUT2D eigenvalue weighted by Crippen LogP contribution is 2.11. The van der Waals surface area contributed by atoms with Crippen molar-refractivity contribution in [3.05, 3.63) is 23.7 Å². The number of esters is 1. The smallest absolute Gasteiger partial charge is 0.374 e. The van der Waals surface area contributed by atoms with E-state index in [-0.39, 0.29) is 0 Å². The molecule has 80 valence electrons. The summed E-state index contributed by atoms with van der Waals surface area (Å²) in [5.74, 6) is -1.89. The summed E-state index contributed by atoms with van der Waals surface area (Å²) in [6.45, 7) is 1.61. The lowest BCUT2D eigenvalue weighted by atomic mass is 10.1. The Labute approximate surface area is 86.0 Å². The third-order valence-corrected chi connectivity index (χ3v) is 1.89. The second-order valence-electron chi connectivity index (χ2n) is 2.91. The zero-order valence-electron chi connectivity index (χ0n) is 8.40. The van der Waals surface area contributed by atoms with Gasteiger partial charge in [0.15, 0.2) is 5.78 Å². The topological polar surface area (TPSA) is 73.6 Å². The van der Waals surface area contributed by atoms with Gasteiger partial charge in [-0.1, -0.05) is 0 Å². The fourth-order valence-corrected chi connectivity index (χ4v) is 1.10. The molecule has 0 aliphatic carbocycles. The summed E-state index contributed by atoms with van der Waals surface area (Å²) in [6.07, 6.45) is 0.859. The van der Waals surface area contributed by atoms with Crippen molar-refractivity contribution < 1.29 is 23.5 Å². The van der Waals surface area contributed by atoms with E-state index < -0.39 is 24.0 Å². The van der Waals surface area contributed by atoms with E-state index in [1.54, 1.807) is 6.92 Å². The lowest BCUT2D eigenvalue weighted by Gasteiger charge is -1.97. The Balaban J connectivity index is 2.69. The van der Waals surface area contributed by atoms with E-state index in [0.717, 1.165) is 7.11 Å². The Morgan fingerprint density at radius 1 is 1.40 bits per heavy atom. The summed E-state index contributed by atoms with van der Waals surface area (Å²) in [7, 11) is 1.09. The average molecular weight is 210 g/mol. The summed E-state index contributed by atoms with van der Waals surface area (Å²) in [5, 5.41) is 0. The van der Waals surface area contributed by atoms with Crippen LogP contribution in [0.2, 0.25) is 0 Å². The number of hydrogen-bond donors (Lipinski definition) is 0. The normalized spacial score (nSPS) is 9.73. The van der Waals surface area contributed by atoms with Gasteiger partial charge in [0.1, 0.15) is 5.76 Å². The summed E-state index contributed by atoms with van der Waals surface area (Å²) in [5.41, 5.74) is 0.312. The van der Waals surface area contributed by atoms with Crippen LogP contribution in [-0.2, 0) is 14.3 Å². The van der Waals surface area contributed by atoms with Crippen molar-refractivity contribution in [1.29, 1.82) is 0 Å². The zero-order chi connectivity index (χ0) is 11.4. The van der Waals surface area contributed by atoms with Crippen LogP contribution >= 0.6 is 0 Å². The van der Waals surface area contributed by atoms with Crippen molar-refractivity contribution in [2.45, 2.75) is 13.3 Å². The van der Waals surface area contributed by atoms with Gasteiger partial charge in [0, 0.05) is 0 Å². The molecule has 1 heterocycles. The average Bonchev–Trinajstić information content (AvgIpc) is 2.63. The number of hydrogen-bond acceptors (Lipinski definition) is 5. The predicted octanol–water partition coefficient (Wildman–Crippen LogP) is 0.903. The van der Waals surface area contributed by atoms with Crippen molar-refractivity contribution in [3.63, 3.8) is 0 Å². The van der Waals surface area contributed by atoms with E-state index in [9.17, 15) is 14.4 Å². The maximum Gasteiger partial charge on any atom is 0.374 e. The number of ether oxygens (including phenoxy) is 1. The molecule has 0 aliphatic heterocycles. The first-order valence-electron chi connectivity index (χ1n) is 4.24. The molecule has 15 heavy (non-hydrogen) atoms. The fourth-order valence-electron chi connectivity index (χ4n) is 1.10. The van der Waals surface area contributed by atoms with Crippen LogP contribution in [-0.4, -0.2) is 24.6 Å². The molecule has 0 atom stereocenters. The Morgan fingerprint density at radius 3 is 2.53 bits per heavy atom. The third kappa shape index (κ3) is 2.52. The molecular weight excluding hydrogens is 200 g/mol. The quantitative estimate of drug-likeness (QED) is 0.319. The summed E-state index contributed by atoms with van der Waals surface area (Å²) < 4.78 is 9.10. The minimum Gasteiger partial charge on any atom is -0.469 e. The molecule has 5 nitrogen and oxygen atoms in total. The summed E-state index contributed by atoms with van der Waals surface area (Å²) in [4.78, 5) is 33.3. The Bertz CT molecular complexity index is 402. The molecule has 0 radical (unpaired) electrons. The second-order valence-corrected chi connectivity index (χ2v) is 2.91. The molecule has 5 heteroatoms. The number of aryl methyl sites for hydroxylation is 1. The highest BCUT2D eigenvalue weighted by molar-refractivity contribution is 6.38. The predicted molar refractivity (Wildman–Crippen MR) is 49.4 cm³/mol. The van der Waals surface area contributed by atoms with E-state index >= 15 is 0 Å². The van der Waals surface area contributed by atoms with Crippen LogP contribution in [0.25, 0.3) is 0 Å². The van der Waals surface area contributed by atoms with Crippen LogP contribution in [0, 0.1) is 6.92 Å². The van der Waals surface area contributed by atoms with E-state index in [2.05, 4.69) is 4.74 Å². The second kappa shape index (κ2) is 4.54. The van der Waals surface area contributed by atoms with Gasteiger partial charge in [-0.05, 0) is 13.0 Å². The molecule has 0 unspecified atom stereocenters. The Morgan fingerprint density at radius 2 is 2.07 bits per heavy atom. The molecule has 0 saturated heterocycles. The minimum atomic E-state index is -1.01. The van der Waals surface area contributed by atoms with E-state index in [1.165, 1.54) is 12.3 Å². The highest BCUT2D eigenvalue weighted by atomic mass is 16.5. The minimum absolute atomic E-state index is 0.312. The highest BCUT2D eigenvalue weighted by Gasteiger charge is 2.21. The SMILES string of the molecule is COC(=O)C(=O)CC(=O)c1ccoc1C. The van der Waals surface area contributed by atoms with Gasteiger partial charge in [-0.3, -0.25) is 9.59 Å². The van der Waals surface area contributed by atoms with Gasteiger partial charge in [0.2, 0.25) is 5.78 Å². The van der Waals surface area contributed by atoms with Crippen LogP contribution < -0.4 is 0 Å². The molecule has 1 rings (SSSR count). The molecule has 0 fully saturated rings. The maximum absolute atomic E-state index is 11.5. The monoisotopic (exact) mass is 210 g/mol. The Kier molecular flexibility index (Phi) is 3.38. The lowest BCUT2D eigenvalue weighted by Crippen LogP contribution is -2.19. The zero-order valence-corrected chi connectivity index (χ0v) is 8.40. The van der Waals surface area contributed by atoms with Crippen molar-refractivity contribution in [2.75, 3.05) is 7.11 Å². The molecule has 0 amide bonds. The van der Waals surface area contributed by atoms with E-state index in [4.69, 9.17) is 4.42 Å². The first kappa shape index (κ1) is 11.2. The lowest BCUT2D eigenvalue weighted by molar-refractivity contribution is -0.151. The molecule has 0 spiro atoms. The number of carbonyl (C=O) groups is 3. The molecule has 0 N–H and O–H groups in total. The van der Waals surface area contributed by atoms with Gasteiger partial charge in [0.05, 0.1) is 25.4 Å². The van der Waals surface area contributed by atoms with Crippen molar-refractivity contribution in [1.82, 2.24) is 0 Å². The van der Waals surface area contributed by atoms with Crippen LogP contribution in [0.15, 0.2) is 16.7 Å². The van der Waals surface area contributed by atoms with Gasteiger partial charge in [-0.2, -0.15) is 0 Å². The molecular formula is C10H10O5. The molecule has 0 aliphatic rings. The third-order valence-electron chi connectivity index (χ3n) is 1.89. The maximum atomic E-state index is 11.5. The van der Waals surface area contributed by atoms with Crippen molar-refractivity contribution in [3.8, 4) is 0 Å². The van der Waals surface area contributed by atoms with Gasteiger partial charge in [0.25, 0.3) is 0 Å². The molecule has 1 aromatic rings. The van der Waals surface area contributed by atoms with Crippen molar-refractivity contribution in [2.24, 2.45) is 0 Å². The fraction of sp³-hybridized carbons (Fsp3) is 0.300. The number of ketones is 2. The molecule has 1 aromatic heterocycles. The number of methoxy groups -OCH3 is 1. The van der Waals surface area contributed by atoms with E-state index in [1.807, 2.05) is 0 Å².